The Balaban J connectivity index is 2.07. The van der Waals surface area contributed by atoms with Gasteiger partial charge in [0.05, 0.1) is 17.3 Å². The van der Waals surface area contributed by atoms with Crippen LogP contribution in [0.4, 0.5) is 5.69 Å². The molecule has 0 atom stereocenters. The summed E-state index contributed by atoms with van der Waals surface area (Å²) in [6, 6.07) is 0.309. The molecule has 5 heteroatoms. The van der Waals surface area contributed by atoms with E-state index in [2.05, 4.69) is 36.5 Å². The average Bonchev–Trinajstić information content (AvgIpc) is 2.89. The molecule has 2 heterocycles. The summed E-state index contributed by atoms with van der Waals surface area (Å²) in [5.74, 6) is 0.157. The molecule has 112 valence electrons. The van der Waals surface area contributed by atoms with Crippen molar-refractivity contribution in [2.24, 2.45) is 5.41 Å². The van der Waals surface area contributed by atoms with E-state index in [1.54, 1.807) is 6.20 Å². The number of piperidine rings is 1. The van der Waals surface area contributed by atoms with Gasteiger partial charge in [0.1, 0.15) is 0 Å². The molecule has 2 rings (SSSR count). The molecule has 2 N–H and O–H groups in total. The smallest absolute Gasteiger partial charge is 0.230 e. The van der Waals surface area contributed by atoms with Gasteiger partial charge in [0, 0.05) is 12.2 Å². The number of amides is 1. The summed E-state index contributed by atoms with van der Waals surface area (Å²) in [5, 5.41) is 10.7. The van der Waals surface area contributed by atoms with E-state index >= 15 is 0 Å². The molecule has 1 aliphatic rings. The molecule has 0 saturated carbocycles. The third kappa shape index (κ3) is 3.20. The first-order valence-electron chi connectivity index (χ1n) is 7.64. The Hall–Kier alpha value is -1.36. The lowest BCUT2D eigenvalue weighted by atomic mass is 9.74. The molecular formula is C15H26N4O. The van der Waals surface area contributed by atoms with Crippen LogP contribution in [0.15, 0.2) is 12.4 Å². The van der Waals surface area contributed by atoms with Crippen LogP contribution in [0.1, 0.15) is 52.5 Å². The Kier molecular flexibility index (Phi) is 4.81. The predicted octanol–water partition coefficient (Wildman–Crippen LogP) is 2.57. The van der Waals surface area contributed by atoms with E-state index in [-0.39, 0.29) is 11.3 Å². The number of nitrogens with zero attached hydrogens (tertiary/aromatic N) is 2. The third-order valence-corrected chi connectivity index (χ3v) is 4.16. The number of aromatic nitrogens is 2. The van der Waals surface area contributed by atoms with Crippen molar-refractivity contribution in [1.82, 2.24) is 15.1 Å². The van der Waals surface area contributed by atoms with E-state index < -0.39 is 0 Å². The summed E-state index contributed by atoms with van der Waals surface area (Å²) >= 11 is 0. The summed E-state index contributed by atoms with van der Waals surface area (Å²) in [6.07, 6.45) is 7.48. The summed E-state index contributed by atoms with van der Waals surface area (Å²) < 4.78 is 1.87. The Morgan fingerprint density at radius 2 is 2.20 bits per heavy atom. The van der Waals surface area contributed by atoms with Crippen molar-refractivity contribution in [2.45, 2.75) is 52.5 Å². The van der Waals surface area contributed by atoms with Crippen LogP contribution in [-0.4, -0.2) is 28.8 Å². The zero-order chi connectivity index (χ0) is 14.6. The first-order chi connectivity index (χ1) is 9.57. The summed E-state index contributed by atoms with van der Waals surface area (Å²) in [6.45, 7) is 8.15. The van der Waals surface area contributed by atoms with Crippen LogP contribution in [0.2, 0.25) is 0 Å². The number of rotatable bonds is 5. The summed E-state index contributed by atoms with van der Waals surface area (Å²) in [5.41, 5.74) is 0.595. The standard InChI is InChI=1S/C15H26N4O/c1-4-5-15(6-8-16-9-7-15)14(20)18-13-10-17-19(11-13)12(2)3/h10-12,16H,4-9H2,1-3H3,(H,18,20). The van der Waals surface area contributed by atoms with Gasteiger partial charge < -0.3 is 10.6 Å². The van der Waals surface area contributed by atoms with E-state index in [0.29, 0.717) is 6.04 Å². The van der Waals surface area contributed by atoms with Gasteiger partial charge in [0.15, 0.2) is 0 Å². The summed E-state index contributed by atoms with van der Waals surface area (Å²) in [4.78, 5) is 12.7. The van der Waals surface area contributed by atoms with Gasteiger partial charge in [-0.3, -0.25) is 9.48 Å². The van der Waals surface area contributed by atoms with Crippen LogP contribution in [0.3, 0.4) is 0 Å². The first kappa shape index (κ1) is 15.0. The first-order valence-corrected chi connectivity index (χ1v) is 7.64. The molecule has 0 unspecified atom stereocenters. The van der Waals surface area contributed by atoms with Gasteiger partial charge in [-0.2, -0.15) is 5.10 Å². The van der Waals surface area contributed by atoms with E-state index in [0.717, 1.165) is 44.5 Å². The maximum Gasteiger partial charge on any atom is 0.230 e. The minimum absolute atomic E-state index is 0.157. The average molecular weight is 278 g/mol. The fourth-order valence-corrected chi connectivity index (χ4v) is 2.92. The quantitative estimate of drug-likeness (QED) is 0.870. The molecule has 0 radical (unpaired) electrons. The predicted molar refractivity (Wildman–Crippen MR) is 80.7 cm³/mol. The molecule has 1 fully saturated rings. The van der Waals surface area contributed by atoms with Crippen LogP contribution in [0, 0.1) is 5.41 Å². The Bertz CT molecular complexity index is 441. The van der Waals surface area contributed by atoms with Crippen LogP contribution >= 0.6 is 0 Å². The van der Waals surface area contributed by atoms with Crippen LogP contribution < -0.4 is 10.6 Å². The van der Waals surface area contributed by atoms with Crippen molar-refractivity contribution in [2.75, 3.05) is 18.4 Å². The second-order valence-electron chi connectivity index (χ2n) is 6.04. The van der Waals surface area contributed by atoms with E-state index in [9.17, 15) is 4.79 Å². The van der Waals surface area contributed by atoms with Crippen molar-refractivity contribution in [1.29, 1.82) is 0 Å². The van der Waals surface area contributed by atoms with Gasteiger partial charge in [-0.15, -0.1) is 0 Å². The number of carbonyl (C=O) groups is 1. The minimum atomic E-state index is -0.208. The molecule has 1 saturated heterocycles. The maximum atomic E-state index is 12.7. The molecule has 5 nitrogen and oxygen atoms in total. The van der Waals surface area contributed by atoms with Crippen molar-refractivity contribution < 1.29 is 4.79 Å². The van der Waals surface area contributed by atoms with Crippen molar-refractivity contribution in [3.63, 3.8) is 0 Å². The Morgan fingerprint density at radius 3 is 2.75 bits per heavy atom. The van der Waals surface area contributed by atoms with Crippen molar-refractivity contribution in [3.05, 3.63) is 12.4 Å². The third-order valence-electron chi connectivity index (χ3n) is 4.16. The molecule has 1 aliphatic heterocycles. The second kappa shape index (κ2) is 6.39. The fraction of sp³-hybridized carbons (Fsp3) is 0.733. The number of carbonyl (C=O) groups excluding carboxylic acids is 1. The van der Waals surface area contributed by atoms with E-state index in [1.165, 1.54) is 0 Å². The maximum absolute atomic E-state index is 12.7. The van der Waals surface area contributed by atoms with Crippen LogP contribution in [-0.2, 0) is 4.79 Å². The molecule has 0 aliphatic carbocycles. The van der Waals surface area contributed by atoms with Gasteiger partial charge >= 0.3 is 0 Å². The van der Waals surface area contributed by atoms with Gasteiger partial charge in [-0.1, -0.05) is 13.3 Å². The zero-order valence-electron chi connectivity index (χ0n) is 12.8. The van der Waals surface area contributed by atoms with Crippen LogP contribution in [0.5, 0.6) is 0 Å². The largest absolute Gasteiger partial charge is 0.323 e. The fourth-order valence-electron chi connectivity index (χ4n) is 2.92. The highest BCUT2D eigenvalue weighted by molar-refractivity contribution is 5.95. The Labute approximate surface area is 121 Å². The molecule has 0 aromatic carbocycles. The molecule has 1 aromatic rings. The van der Waals surface area contributed by atoms with Crippen molar-refractivity contribution in [3.8, 4) is 0 Å². The number of anilines is 1. The number of hydrogen-bond acceptors (Lipinski definition) is 3. The van der Waals surface area contributed by atoms with Gasteiger partial charge in [0.25, 0.3) is 0 Å². The second-order valence-corrected chi connectivity index (χ2v) is 6.04. The lowest BCUT2D eigenvalue weighted by molar-refractivity contribution is -0.127. The highest BCUT2D eigenvalue weighted by Gasteiger charge is 2.38. The molecule has 1 amide bonds. The van der Waals surface area contributed by atoms with E-state index in [4.69, 9.17) is 0 Å². The van der Waals surface area contributed by atoms with Gasteiger partial charge in [-0.25, -0.2) is 0 Å². The molecular weight excluding hydrogens is 252 g/mol. The number of hydrogen-bond donors (Lipinski definition) is 2. The molecule has 20 heavy (non-hydrogen) atoms. The Morgan fingerprint density at radius 1 is 1.50 bits per heavy atom. The molecule has 1 aromatic heterocycles. The highest BCUT2D eigenvalue weighted by Crippen LogP contribution is 2.35. The van der Waals surface area contributed by atoms with Gasteiger partial charge in [0.2, 0.25) is 5.91 Å². The molecule has 0 spiro atoms. The van der Waals surface area contributed by atoms with Gasteiger partial charge in [-0.05, 0) is 46.2 Å². The topological polar surface area (TPSA) is 59.0 Å². The SMILES string of the molecule is CCCC1(C(=O)Nc2cnn(C(C)C)c2)CCNCC1. The monoisotopic (exact) mass is 278 g/mol. The lowest BCUT2D eigenvalue weighted by Gasteiger charge is -2.36. The molecule has 0 bridgehead atoms. The van der Waals surface area contributed by atoms with E-state index in [1.807, 2.05) is 10.9 Å². The number of nitrogens with one attached hydrogen (secondary N) is 2. The zero-order valence-corrected chi connectivity index (χ0v) is 12.8. The van der Waals surface area contributed by atoms with Crippen molar-refractivity contribution >= 4 is 11.6 Å². The normalized spacial score (nSPS) is 18.2. The lowest BCUT2D eigenvalue weighted by Crippen LogP contribution is -2.44. The summed E-state index contributed by atoms with van der Waals surface area (Å²) in [7, 11) is 0. The van der Waals surface area contributed by atoms with Crippen LogP contribution in [0.25, 0.3) is 0 Å². The highest BCUT2D eigenvalue weighted by atomic mass is 16.2. The minimum Gasteiger partial charge on any atom is -0.323 e.